The maximum Gasteiger partial charge on any atom is 0.138 e. The van der Waals surface area contributed by atoms with E-state index in [2.05, 4.69) is 23.9 Å². The fourth-order valence-corrected chi connectivity index (χ4v) is 4.16. The molecule has 1 heterocycles. The Labute approximate surface area is 115 Å². The van der Waals surface area contributed by atoms with Crippen molar-refractivity contribution in [2.45, 2.75) is 64.5 Å². The number of hydrogen-bond acceptors (Lipinski definition) is 3. The van der Waals surface area contributed by atoms with Gasteiger partial charge in [0.15, 0.2) is 0 Å². The number of aliphatic hydroxyl groups excluding tert-OH is 1. The highest BCUT2D eigenvalue weighted by atomic mass is 16.3. The predicted octanol–water partition coefficient (Wildman–Crippen LogP) is 2.59. The summed E-state index contributed by atoms with van der Waals surface area (Å²) in [5.41, 5.74) is 0. The number of rotatable bonds is 5. The molecular weight excluding hydrogens is 238 g/mol. The second-order valence-corrected chi connectivity index (χ2v) is 6.74. The molecule has 4 nitrogen and oxygen atoms in total. The minimum Gasteiger partial charge on any atom is -0.393 e. The zero-order valence-corrected chi connectivity index (χ0v) is 12.0. The summed E-state index contributed by atoms with van der Waals surface area (Å²) >= 11 is 0. The molecule has 106 valence electrons. The lowest BCUT2D eigenvalue weighted by Gasteiger charge is -2.24. The van der Waals surface area contributed by atoms with Crippen LogP contribution >= 0.6 is 0 Å². The largest absolute Gasteiger partial charge is 0.393 e. The molecule has 1 aromatic heterocycles. The van der Waals surface area contributed by atoms with Crippen LogP contribution in [0.5, 0.6) is 0 Å². The first kappa shape index (κ1) is 13.1. The van der Waals surface area contributed by atoms with Gasteiger partial charge >= 0.3 is 0 Å². The average molecular weight is 263 g/mol. The maximum absolute atomic E-state index is 10.3. The first-order valence-electron chi connectivity index (χ1n) is 7.70. The highest BCUT2D eigenvalue weighted by Crippen LogP contribution is 2.49. The number of hydrogen-bond donors (Lipinski definition) is 1. The number of aromatic nitrogens is 3. The van der Waals surface area contributed by atoms with Crippen LogP contribution in [0.2, 0.25) is 0 Å². The summed E-state index contributed by atoms with van der Waals surface area (Å²) in [7, 11) is 0. The van der Waals surface area contributed by atoms with Crippen molar-refractivity contribution in [2.24, 2.45) is 17.8 Å². The van der Waals surface area contributed by atoms with Gasteiger partial charge in [0.05, 0.1) is 6.10 Å². The molecule has 4 unspecified atom stereocenters. The lowest BCUT2D eigenvalue weighted by atomic mass is 9.84. The van der Waals surface area contributed by atoms with E-state index in [1.54, 1.807) is 6.33 Å². The van der Waals surface area contributed by atoms with E-state index in [1.165, 1.54) is 25.7 Å². The second-order valence-electron chi connectivity index (χ2n) is 6.74. The smallest absolute Gasteiger partial charge is 0.138 e. The quantitative estimate of drug-likeness (QED) is 0.888. The van der Waals surface area contributed by atoms with Crippen LogP contribution in [0.15, 0.2) is 6.33 Å². The Morgan fingerprint density at radius 1 is 1.37 bits per heavy atom. The van der Waals surface area contributed by atoms with Gasteiger partial charge in [0.1, 0.15) is 12.2 Å². The minimum atomic E-state index is -0.258. The van der Waals surface area contributed by atoms with Gasteiger partial charge in [0.2, 0.25) is 0 Å². The van der Waals surface area contributed by atoms with Crippen LogP contribution in [0.3, 0.4) is 0 Å². The van der Waals surface area contributed by atoms with E-state index in [1.807, 2.05) is 4.68 Å². The molecular formula is C15H25N3O. The topological polar surface area (TPSA) is 50.9 Å². The molecule has 4 atom stereocenters. The van der Waals surface area contributed by atoms with Gasteiger partial charge in [0, 0.05) is 12.5 Å². The number of fused-ring (bicyclic) bond motifs is 2. The monoisotopic (exact) mass is 263 g/mol. The van der Waals surface area contributed by atoms with Crippen molar-refractivity contribution >= 4 is 0 Å². The van der Waals surface area contributed by atoms with Gasteiger partial charge in [0.25, 0.3) is 0 Å². The van der Waals surface area contributed by atoms with Crippen LogP contribution in [0.1, 0.15) is 57.8 Å². The Morgan fingerprint density at radius 2 is 2.21 bits per heavy atom. The first-order chi connectivity index (χ1) is 9.13. The fraction of sp³-hybridized carbons (Fsp3) is 0.867. The summed E-state index contributed by atoms with van der Waals surface area (Å²) in [6.07, 6.45) is 8.52. The third kappa shape index (κ3) is 2.69. The Kier molecular flexibility index (Phi) is 3.61. The SMILES string of the molecule is CC(C)n1ncnc1CC(O)CC1CC2CCC1C2. The van der Waals surface area contributed by atoms with Crippen molar-refractivity contribution in [3.05, 3.63) is 12.2 Å². The van der Waals surface area contributed by atoms with Crippen LogP contribution in [0.25, 0.3) is 0 Å². The summed E-state index contributed by atoms with van der Waals surface area (Å²) in [5, 5.41) is 14.6. The van der Waals surface area contributed by atoms with Crippen LogP contribution in [0.4, 0.5) is 0 Å². The Morgan fingerprint density at radius 3 is 2.84 bits per heavy atom. The van der Waals surface area contributed by atoms with Gasteiger partial charge in [-0.1, -0.05) is 6.42 Å². The van der Waals surface area contributed by atoms with Crippen molar-refractivity contribution in [3.8, 4) is 0 Å². The molecule has 3 rings (SSSR count). The lowest BCUT2D eigenvalue weighted by molar-refractivity contribution is 0.121. The van der Waals surface area contributed by atoms with Gasteiger partial charge in [-0.15, -0.1) is 0 Å². The summed E-state index contributed by atoms with van der Waals surface area (Å²) in [4.78, 5) is 4.29. The molecule has 0 amide bonds. The molecule has 0 spiro atoms. The van der Waals surface area contributed by atoms with E-state index < -0.39 is 0 Å². The van der Waals surface area contributed by atoms with Gasteiger partial charge < -0.3 is 5.11 Å². The van der Waals surface area contributed by atoms with E-state index in [0.29, 0.717) is 12.5 Å². The molecule has 1 N–H and O–H groups in total. The first-order valence-corrected chi connectivity index (χ1v) is 7.70. The second kappa shape index (κ2) is 5.23. The van der Waals surface area contributed by atoms with Crippen LogP contribution in [-0.4, -0.2) is 26.0 Å². The molecule has 0 aromatic carbocycles. The zero-order chi connectivity index (χ0) is 13.4. The van der Waals surface area contributed by atoms with Gasteiger partial charge in [-0.3, -0.25) is 0 Å². The van der Waals surface area contributed by atoms with E-state index in [0.717, 1.165) is 30.0 Å². The number of nitrogens with zero attached hydrogens (tertiary/aromatic N) is 3. The summed E-state index contributed by atoms with van der Waals surface area (Å²) < 4.78 is 1.92. The van der Waals surface area contributed by atoms with Crippen molar-refractivity contribution < 1.29 is 5.11 Å². The van der Waals surface area contributed by atoms with Crippen molar-refractivity contribution in [2.75, 3.05) is 0 Å². The van der Waals surface area contributed by atoms with Crippen LogP contribution in [-0.2, 0) is 6.42 Å². The van der Waals surface area contributed by atoms with Crippen molar-refractivity contribution in [3.63, 3.8) is 0 Å². The Bertz CT molecular complexity index is 429. The Hall–Kier alpha value is -0.900. The van der Waals surface area contributed by atoms with Gasteiger partial charge in [-0.2, -0.15) is 5.10 Å². The molecule has 4 heteroatoms. The fourth-order valence-electron chi connectivity index (χ4n) is 4.16. The molecule has 2 fully saturated rings. The molecule has 2 aliphatic carbocycles. The number of aliphatic hydroxyl groups is 1. The molecule has 0 aliphatic heterocycles. The summed E-state index contributed by atoms with van der Waals surface area (Å²) in [6, 6.07) is 0.312. The van der Waals surface area contributed by atoms with Crippen molar-refractivity contribution in [1.29, 1.82) is 0 Å². The summed E-state index contributed by atoms with van der Waals surface area (Å²) in [5.74, 6) is 3.53. The van der Waals surface area contributed by atoms with Crippen LogP contribution in [0, 0.1) is 17.8 Å². The van der Waals surface area contributed by atoms with E-state index in [4.69, 9.17) is 0 Å². The standard InChI is InChI=1S/C15H25N3O/c1-10(2)18-15(16-9-17-18)8-14(19)7-13-6-11-3-4-12(13)5-11/h9-14,19H,3-8H2,1-2H3. The molecule has 0 saturated heterocycles. The average Bonchev–Trinajstić information content (AvgIpc) is 3.03. The van der Waals surface area contributed by atoms with E-state index in [9.17, 15) is 5.11 Å². The van der Waals surface area contributed by atoms with E-state index in [-0.39, 0.29) is 6.10 Å². The maximum atomic E-state index is 10.3. The van der Waals surface area contributed by atoms with Crippen molar-refractivity contribution in [1.82, 2.24) is 14.8 Å². The lowest BCUT2D eigenvalue weighted by Crippen LogP contribution is -2.22. The molecule has 0 radical (unpaired) electrons. The molecule has 2 aliphatic rings. The summed E-state index contributed by atoms with van der Waals surface area (Å²) in [6.45, 7) is 4.20. The normalized spacial score (nSPS) is 31.3. The zero-order valence-electron chi connectivity index (χ0n) is 12.0. The van der Waals surface area contributed by atoms with E-state index >= 15 is 0 Å². The third-order valence-electron chi connectivity index (χ3n) is 5.01. The molecule has 2 bridgehead atoms. The minimum absolute atomic E-state index is 0.258. The van der Waals surface area contributed by atoms with Crippen LogP contribution < -0.4 is 0 Å². The third-order valence-corrected chi connectivity index (χ3v) is 5.01. The van der Waals surface area contributed by atoms with Gasteiger partial charge in [-0.25, -0.2) is 9.67 Å². The van der Waals surface area contributed by atoms with Gasteiger partial charge in [-0.05, 0) is 57.3 Å². The predicted molar refractivity (Wildman–Crippen MR) is 73.7 cm³/mol. The highest BCUT2D eigenvalue weighted by molar-refractivity contribution is 4.94. The molecule has 2 saturated carbocycles. The molecule has 1 aromatic rings. The highest BCUT2D eigenvalue weighted by Gasteiger charge is 2.40. The molecule has 19 heavy (non-hydrogen) atoms. The Balaban J connectivity index is 1.56.